The van der Waals surface area contributed by atoms with Crippen LogP contribution in [0.1, 0.15) is 5.69 Å². The minimum atomic E-state index is 1.05. The molecular formula is C22H17N. The van der Waals surface area contributed by atoms with Gasteiger partial charge >= 0.3 is 0 Å². The molecule has 0 spiro atoms. The summed E-state index contributed by atoms with van der Waals surface area (Å²) in [6, 6.07) is 29.7. The maximum atomic E-state index is 4.64. The molecule has 23 heavy (non-hydrogen) atoms. The fraction of sp³-hybridized carbons (Fsp3) is 0.0455. The quantitative estimate of drug-likeness (QED) is 0.450. The number of pyridine rings is 1. The number of aromatic nitrogens is 1. The van der Waals surface area contributed by atoms with E-state index in [0.29, 0.717) is 0 Å². The first-order valence-corrected chi connectivity index (χ1v) is 7.83. The van der Waals surface area contributed by atoms with Gasteiger partial charge in [-0.15, -0.1) is 0 Å². The molecule has 4 rings (SSSR count). The molecule has 0 amide bonds. The lowest BCUT2D eigenvalue weighted by Crippen LogP contribution is -1.89. The van der Waals surface area contributed by atoms with Crippen molar-refractivity contribution >= 4 is 10.9 Å². The zero-order valence-electron chi connectivity index (χ0n) is 13.0. The van der Waals surface area contributed by atoms with Crippen molar-refractivity contribution in [1.29, 1.82) is 0 Å². The molecule has 1 heterocycles. The van der Waals surface area contributed by atoms with Crippen LogP contribution < -0.4 is 0 Å². The second-order valence-electron chi connectivity index (χ2n) is 5.78. The molecule has 3 aromatic carbocycles. The van der Waals surface area contributed by atoms with Gasteiger partial charge in [-0.25, -0.2) is 0 Å². The van der Waals surface area contributed by atoms with Crippen molar-refractivity contribution < 1.29 is 0 Å². The van der Waals surface area contributed by atoms with Crippen LogP contribution in [0.5, 0.6) is 0 Å². The van der Waals surface area contributed by atoms with E-state index >= 15 is 0 Å². The van der Waals surface area contributed by atoms with Gasteiger partial charge in [-0.1, -0.05) is 66.7 Å². The minimum absolute atomic E-state index is 1.05. The Morgan fingerprint density at radius 3 is 2.17 bits per heavy atom. The van der Waals surface area contributed by atoms with Gasteiger partial charge in [0.2, 0.25) is 0 Å². The van der Waals surface area contributed by atoms with Crippen molar-refractivity contribution in [2.75, 3.05) is 0 Å². The van der Waals surface area contributed by atoms with Gasteiger partial charge in [0, 0.05) is 11.1 Å². The molecule has 1 nitrogen and oxygen atoms in total. The second kappa shape index (κ2) is 5.69. The Hall–Kier alpha value is -2.93. The smallest absolute Gasteiger partial charge is 0.0711 e. The van der Waals surface area contributed by atoms with Crippen molar-refractivity contribution in [2.24, 2.45) is 0 Å². The third-order valence-electron chi connectivity index (χ3n) is 4.12. The molecule has 0 aliphatic carbocycles. The number of aryl methyl sites for hydroxylation is 1. The standard InChI is InChI=1S/C22H17N/c1-16-14-21(20-12-5-6-13-22(20)23-16)19-11-7-10-18(15-19)17-8-3-2-4-9-17/h2-15H,1H3. The normalized spacial score (nSPS) is 10.8. The lowest BCUT2D eigenvalue weighted by atomic mass is 9.96. The summed E-state index contributed by atoms with van der Waals surface area (Å²) in [5.74, 6) is 0. The molecule has 4 aromatic rings. The fourth-order valence-electron chi connectivity index (χ4n) is 3.04. The summed E-state index contributed by atoms with van der Waals surface area (Å²) in [7, 11) is 0. The van der Waals surface area contributed by atoms with E-state index in [1.54, 1.807) is 0 Å². The van der Waals surface area contributed by atoms with Crippen LogP contribution in [0.3, 0.4) is 0 Å². The zero-order valence-corrected chi connectivity index (χ0v) is 13.0. The predicted octanol–water partition coefficient (Wildman–Crippen LogP) is 5.88. The van der Waals surface area contributed by atoms with Gasteiger partial charge in [0.25, 0.3) is 0 Å². The first-order chi connectivity index (χ1) is 11.3. The summed E-state index contributed by atoms with van der Waals surface area (Å²) >= 11 is 0. The largest absolute Gasteiger partial charge is 0.253 e. The Bertz CT molecular complexity index is 971. The summed E-state index contributed by atoms with van der Waals surface area (Å²) in [5, 5.41) is 1.20. The molecule has 0 unspecified atom stereocenters. The Morgan fingerprint density at radius 2 is 1.30 bits per heavy atom. The maximum absolute atomic E-state index is 4.64. The van der Waals surface area contributed by atoms with E-state index in [4.69, 9.17) is 0 Å². The number of benzene rings is 3. The lowest BCUT2D eigenvalue weighted by Gasteiger charge is -2.10. The van der Waals surface area contributed by atoms with Crippen LogP contribution >= 0.6 is 0 Å². The Morgan fingerprint density at radius 1 is 0.609 bits per heavy atom. The molecule has 1 aromatic heterocycles. The van der Waals surface area contributed by atoms with E-state index in [9.17, 15) is 0 Å². The molecule has 0 saturated heterocycles. The summed E-state index contributed by atoms with van der Waals surface area (Å²) in [4.78, 5) is 4.64. The summed E-state index contributed by atoms with van der Waals surface area (Å²) < 4.78 is 0. The molecule has 0 fully saturated rings. The number of hydrogen-bond donors (Lipinski definition) is 0. The van der Waals surface area contributed by atoms with Gasteiger partial charge in [-0.2, -0.15) is 0 Å². The Labute approximate surface area is 136 Å². The zero-order chi connectivity index (χ0) is 15.6. The van der Waals surface area contributed by atoms with Crippen molar-refractivity contribution in [3.63, 3.8) is 0 Å². The second-order valence-corrected chi connectivity index (χ2v) is 5.78. The molecule has 1 heteroatoms. The molecule has 0 aliphatic heterocycles. The highest BCUT2D eigenvalue weighted by Crippen LogP contribution is 2.31. The van der Waals surface area contributed by atoms with Gasteiger partial charge < -0.3 is 0 Å². The third kappa shape index (κ3) is 2.62. The highest BCUT2D eigenvalue weighted by Gasteiger charge is 2.07. The van der Waals surface area contributed by atoms with Crippen LogP contribution in [0.2, 0.25) is 0 Å². The molecule has 0 N–H and O–H groups in total. The van der Waals surface area contributed by atoms with Crippen molar-refractivity contribution in [3.8, 4) is 22.3 Å². The Kier molecular flexibility index (Phi) is 3.39. The summed E-state index contributed by atoms with van der Waals surface area (Å²) in [5.41, 5.74) is 7.04. The van der Waals surface area contributed by atoms with Crippen LogP contribution in [0.15, 0.2) is 84.9 Å². The third-order valence-corrected chi connectivity index (χ3v) is 4.12. The summed E-state index contributed by atoms with van der Waals surface area (Å²) in [6.07, 6.45) is 0. The number of rotatable bonds is 2. The molecule has 0 bridgehead atoms. The van der Waals surface area contributed by atoms with Gasteiger partial charge in [0.05, 0.1) is 5.52 Å². The number of nitrogens with zero attached hydrogens (tertiary/aromatic N) is 1. The lowest BCUT2D eigenvalue weighted by molar-refractivity contribution is 1.26. The average molecular weight is 295 g/mol. The predicted molar refractivity (Wildman–Crippen MR) is 97.4 cm³/mol. The van der Waals surface area contributed by atoms with Crippen molar-refractivity contribution in [1.82, 2.24) is 4.98 Å². The van der Waals surface area contributed by atoms with Crippen LogP contribution in [-0.4, -0.2) is 4.98 Å². The van der Waals surface area contributed by atoms with E-state index in [1.807, 2.05) is 12.1 Å². The average Bonchev–Trinajstić information content (AvgIpc) is 2.62. The Balaban J connectivity index is 1.92. The summed E-state index contributed by atoms with van der Waals surface area (Å²) in [6.45, 7) is 2.05. The molecule has 110 valence electrons. The van der Waals surface area contributed by atoms with Gasteiger partial charge in [-0.05, 0) is 47.4 Å². The SMILES string of the molecule is Cc1cc(-c2cccc(-c3ccccc3)c2)c2ccccc2n1. The minimum Gasteiger partial charge on any atom is -0.253 e. The molecule has 0 radical (unpaired) electrons. The number of para-hydroxylation sites is 1. The van der Waals surface area contributed by atoms with Gasteiger partial charge in [0.15, 0.2) is 0 Å². The van der Waals surface area contributed by atoms with Gasteiger partial charge in [0.1, 0.15) is 0 Å². The monoisotopic (exact) mass is 295 g/mol. The molecule has 0 atom stereocenters. The van der Waals surface area contributed by atoms with Crippen LogP contribution in [0.4, 0.5) is 0 Å². The molecular weight excluding hydrogens is 278 g/mol. The van der Waals surface area contributed by atoms with Crippen LogP contribution in [0, 0.1) is 6.92 Å². The van der Waals surface area contributed by atoms with E-state index in [1.165, 1.54) is 27.6 Å². The van der Waals surface area contributed by atoms with Gasteiger partial charge in [-0.3, -0.25) is 4.98 Å². The van der Waals surface area contributed by atoms with Crippen molar-refractivity contribution in [3.05, 3.63) is 90.6 Å². The molecule has 0 saturated carbocycles. The van der Waals surface area contributed by atoms with Crippen LogP contribution in [-0.2, 0) is 0 Å². The first-order valence-electron chi connectivity index (χ1n) is 7.83. The van der Waals surface area contributed by atoms with Crippen molar-refractivity contribution in [2.45, 2.75) is 6.92 Å². The van der Waals surface area contributed by atoms with E-state index < -0.39 is 0 Å². The molecule has 0 aliphatic rings. The number of hydrogen-bond acceptors (Lipinski definition) is 1. The fourth-order valence-corrected chi connectivity index (χ4v) is 3.04. The topological polar surface area (TPSA) is 12.9 Å². The van der Waals surface area contributed by atoms with Crippen LogP contribution in [0.25, 0.3) is 33.2 Å². The highest BCUT2D eigenvalue weighted by atomic mass is 14.7. The highest BCUT2D eigenvalue weighted by molar-refractivity contribution is 5.95. The van der Waals surface area contributed by atoms with E-state index in [0.717, 1.165) is 11.2 Å². The first kappa shape index (κ1) is 13.7. The van der Waals surface area contributed by atoms with E-state index in [-0.39, 0.29) is 0 Å². The number of fused-ring (bicyclic) bond motifs is 1. The maximum Gasteiger partial charge on any atom is 0.0711 e. The van der Waals surface area contributed by atoms with E-state index in [2.05, 4.69) is 84.7 Å².